The highest BCUT2D eigenvalue weighted by atomic mass is 16.4. The van der Waals surface area contributed by atoms with Gasteiger partial charge in [0.1, 0.15) is 6.04 Å². The molecule has 0 heterocycles. The van der Waals surface area contributed by atoms with Crippen molar-refractivity contribution >= 4 is 17.9 Å². The van der Waals surface area contributed by atoms with Crippen LogP contribution in [-0.2, 0) is 9.59 Å². The molecule has 19 heavy (non-hydrogen) atoms. The van der Waals surface area contributed by atoms with Gasteiger partial charge in [-0.2, -0.15) is 0 Å². The average Bonchev–Trinajstić information content (AvgIpc) is 2.23. The molecule has 7 heteroatoms. The Morgan fingerprint density at radius 1 is 1.05 bits per heavy atom. The van der Waals surface area contributed by atoms with Gasteiger partial charge in [0, 0.05) is 19.0 Å². The summed E-state index contributed by atoms with van der Waals surface area (Å²) in [5.74, 6) is -1.45. The quantitative estimate of drug-likeness (QED) is 0.535. The molecule has 0 aromatic heterocycles. The maximum absolute atomic E-state index is 11.4. The largest absolute Gasteiger partial charge is 0.480 e. The van der Waals surface area contributed by atoms with E-state index in [0.717, 1.165) is 0 Å². The molecule has 0 fully saturated rings. The first-order chi connectivity index (χ1) is 8.73. The molecule has 0 aliphatic carbocycles. The number of hydrogen-bond donors (Lipinski definition) is 4. The third kappa shape index (κ3) is 8.01. The zero-order valence-electron chi connectivity index (χ0n) is 11.8. The fourth-order valence-electron chi connectivity index (χ4n) is 1.39. The number of carboxylic acids is 1. The number of carbonyl (C=O) groups is 3. The fraction of sp³-hybridized carbons (Fsp3) is 0.750. The second-order valence-electron chi connectivity index (χ2n) is 4.93. The van der Waals surface area contributed by atoms with Crippen LogP contribution in [0.5, 0.6) is 0 Å². The van der Waals surface area contributed by atoms with E-state index in [0.29, 0.717) is 0 Å². The van der Waals surface area contributed by atoms with Gasteiger partial charge in [-0.05, 0) is 19.8 Å². The third-order valence-electron chi connectivity index (χ3n) is 2.31. The lowest BCUT2D eigenvalue weighted by Gasteiger charge is -2.18. The molecule has 0 saturated heterocycles. The monoisotopic (exact) mass is 273 g/mol. The zero-order valence-corrected chi connectivity index (χ0v) is 11.8. The maximum atomic E-state index is 11.4. The number of amides is 3. The van der Waals surface area contributed by atoms with Crippen LogP contribution < -0.4 is 16.0 Å². The van der Waals surface area contributed by atoms with E-state index in [-0.39, 0.29) is 30.8 Å². The summed E-state index contributed by atoms with van der Waals surface area (Å²) in [6.45, 7) is 7.26. The number of aliphatic carboxylic acids is 1. The minimum atomic E-state index is -1.08. The summed E-state index contributed by atoms with van der Waals surface area (Å²) in [5.41, 5.74) is 0. The maximum Gasteiger partial charge on any atom is 0.326 e. The van der Waals surface area contributed by atoms with Crippen LogP contribution in [0.3, 0.4) is 0 Å². The molecule has 110 valence electrons. The molecular weight excluding hydrogens is 250 g/mol. The molecule has 0 radical (unpaired) electrons. The smallest absolute Gasteiger partial charge is 0.326 e. The molecule has 0 aliphatic rings. The zero-order chi connectivity index (χ0) is 15.0. The average molecular weight is 273 g/mol. The van der Waals surface area contributed by atoms with Crippen molar-refractivity contribution in [2.75, 3.05) is 6.54 Å². The summed E-state index contributed by atoms with van der Waals surface area (Å²) in [6.07, 6.45) is 0.158. The van der Waals surface area contributed by atoms with Crippen LogP contribution in [0.2, 0.25) is 0 Å². The van der Waals surface area contributed by atoms with Gasteiger partial charge in [-0.1, -0.05) is 13.8 Å². The molecule has 0 spiro atoms. The number of nitrogens with one attached hydrogen (secondary N) is 3. The van der Waals surface area contributed by atoms with Crippen LogP contribution in [0.1, 0.15) is 34.1 Å². The van der Waals surface area contributed by atoms with Crippen LogP contribution in [0.15, 0.2) is 0 Å². The van der Waals surface area contributed by atoms with Crippen LogP contribution >= 0.6 is 0 Å². The minimum Gasteiger partial charge on any atom is -0.480 e. The van der Waals surface area contributed by atoms with Crippen LogP contribution in [0, 0.1) is 5.92 Å². The van der Waals surface area contributed by atoms with Crippen molar-refractivity contribution in [2.45, 2.75) is 46.2 Å². The van der Waals surface area contributed by atoms with E-state index < -0.39 is 18.0 Å². The number of urea groups is 1. The predicted octanol–water partition coefficient (Wildman–Crippen LogP) is 0.310. The Hall–Kier alpha value is -1.79. The van der Waals surface area contributed by atoms with Crippen LogP contribution in [0.4, 0.5) is 4.79 Å². The van der Waals surface area contributed by atoms with E-state index in [1.165, 1.54) is 0 Å². The Kier molecular flexibility index (Phi) is 7.55. The van der Waals surface area contributed by atoms with E-state index in [4.69, 9.17) is 5.11 Å². The second kappa shape index (κ2) is 8.34. The lowest BCUT2D eigenvalue weighted by atomic mass is 10.1. The minimum absolute atomic E-state index is 0.0543. The van der Waals surface area contributed by atoms with Crippen LogP contribution in [-0.4, -0.2) is 41.6 Å². The van der Waals surface area contributed by atoms with Crippen molar-refractivity contribution in [1.29, 1.82) is 0 Å². The second-order valence-corrected chi connectivity index (χ2v) is 4.93. The number of rotatable bonds is 7. The van der Waals surface area contributed by atoms with E-state index in [9.17, 15) is 14.4 Å². The summed E-state index contributed by atoms with van der Waals surface area (Å²) >= 11 is 0. The summed E-state index contributed by atoms with van der Waals surface area (Å²) in [6, 6.07) is -1.47. The van der Waals surface area contributed by atoms with Crippen molar-refractivity contribution < 1.29 is 19.5 Å². The molecular formula is C12H23N3O4. The Balaban J connectivity index is 3.99. The SMILES string of the molecule is CC(C)NC(=O)CCNC(=O)N[C@@H](C(=O)O)C(C)C. The van der Waals surface area contributed by atoms with Crippen molar-refractivity contribution in [3.8, 4) is 0 Å². The number of carbonyl (C=O) groups excluding carboxylic acids is 2. The fourth-order valence-corrected chi connectivity index (χ4v) is 1.39. The van der Waals surface area contributed by atoms with E-state index in [2.05, 4.69) is 16.0 Å². The van der Waals surface area contributed by atoms with Gasteiger partial charge in [0.2, 0.25) is 5.91 Å². The summed E-state index contributed by atoms with van der Waals surface area (Å²) in [4.78, 5) is 33.6. The molecule has 7 nitrogen and oxygen atoms in total. The van der Waals surface area contributed by atoms with Gasteiger partial charge in [-0.25, -0.2) is 9.59 Å². The van der Waals surface area contributed by atoms with E-state index >= 15 is 0 Å². The highest BCUT2D eigenvalue weighted by Crippen LogP contribution is 2.01. The molecule has 0 aliphatic heterocycles. The van der Waals surface area contributed by atoms with Gasteiger partial charge in [-0.15, -0.1) is 0 Å². The Labute approximate surface area is 113 Å². The number of carboxylic acid groups (broad SMARTS) is 1. The normalized spacial score (nSPS) is 12.1. The highest BCUT2D eigenvalue weighted by molar-refractivity contribution is 5.83. The van der Waals surface area contributed by atoms with Crippen molar-refractivity contribution in [2.24, 2.45) is 5.92 Å². The molecule has 0 unspecified atom stereocenters. The van der Waals surface area contributed by atoms with Gasteiger partial charge in [0.25, 0.3) is 0 Å². The summed E-state index contributed by atoms with van der Waals surface area (Å²) < 4.78 is 0. The molecule has 0 saturated carbocycles. The van der Waals surface area contributed by atoms with E-state index in [1.807, 2.05) is 13.8 Å². The first kappa shape index (κ1) is 17.2. The number of hydrogen-bond acceptors (Lipinski definition) is 3. The molecule has 0 rings (SSSR count). The molecule has 1 atom stereocenters. The van der Waals surface area contributed by atoms with Crippen LogP contribution in [0.25, 0.3) is 0 Å². The first-order valence-electron chi connectivity index (χ1n) is 6.30. The van der Waals surface area contributed by atoms with Crippen molar-refractivity contribution in [3.05, 3.63) is 0 Å². The van der Waals surface area contributed by atoms with Gasteiger partial charge in [0.15, 0.2) is 0 Å². The molecule has 0 aromatic rings. The summed E-state index contributed by atoms with van der Waals surface area (Å²) in [7, 11) is 0. The van der Waals surface area contributed by atoms with Gasteiger partial charge in [-0.3, -0.25) is 4.79 Å². The Morgan fingerprint density at radius 3 is 2.05 bits per heavy atom. The van der Waals surface area contributed by atoms with Gasteiger partial charge < -0.3 is 21.1 Å². The standard InChI is InChI=1S/C12H23N3O4/c1-7(2)10(11(17)18)15-12(19)13-6-5-9(16)14-8(3)4/h7-8,10H,5-6H2,1-4H3,(H,14,16)(H,17,18)(H2,13,15,19)/t10-/m1/s1. The molecule has 4 N–H and O–H groups in total. The lowest BCUT2D eigenvalue weighted by Crippen LogP contribution is -2.49. The third-order valence-corrected chi connectivity index (χ3v) is 2.31. The lowest BCUT2D eigenvalue weighted by molar-refractivity contribution is -0.140. The molecule has 0 aromatic carbocycles. The van der Waals surface area contributed by atoms with E-state index in [1.54, 1.807) is 13.8 Å². The van der Waals surface area contributed by atoms with Gasteiger partial charge in [0.05, 0.1) is 0 Å². The van der Waals surface area contributed by atoms with Gasteiger partial charge >= 0.3 is 12.0 Å². The first-order valence-corrected chi connectivity index (χ1v) is 6.30. The van der Waals surface area contributed by atoms with Crippen molar-refractivity contribution in [1.82, 2.24) is 16.0 Å². The highest BCUT2D eigenvalue weighted by Gasteiger charge is 2.23. The topological polar surface area (TPSA) is 108 Å². The Bertz CT molecular complexity index is 329. The molecule has 0 bridgehead atoms. The molecule has 3 amide bonds. The Morgan fingerprint density at radius 2 is 1.63 bits per heavy atom. The van der Waals surface area contributed by atoms with Crippen molar-refractivity contribution in [3.63, 3.8) is 0 Å². The predicted molar refractivity (Wildman–Crippen MR) is 70.7 cm³/mol. The summed E-state index contributed by atoms with van der Waals surface area (Å²) in [5, 5.41) is 16.4.